The Kier molecular flexibility index (Phi) is 5.10. The van der Waals surface area contributed by atoms with Crippen molar-refractivity contribution in [2.45, 2.75) is 17.0 Å². The Balaban J connectivity index is 3.17. The summed E-state index contributed by atoms with van der Waals surface area (Å²) in [7, 11) is 1.38. The van der Waals surface area contributed by atoms with Crippen molar-refractivity contribution < 1.29 is 18.3 Å². The van der Waals surface area contributed by atoms with E-state index in [0.29, 0.717) is 0 Å². The van der Waals surface area contributed by atoms with E-state index < -0.39 is 22.3 Å². The molecule has 1 atom stereocenters. The monoisotopic (exact) mass is 355 g/mol. The molecule has 0 saturated carbocycles. The Morgan fingerprint density at radius 2 is 2.24 bits per heavy atom. The van der Waals surface area contributed by atoms with Crippen molar-refractivity contribution in [1.29, 1.82) is 0 Å². The van der Waals surface area contributed by atoms with Gasteiger partial charge in [0, 0.05) is 22.0 Å². The molecular weight excluding hydrogens is 343 g/mol. The number of primary amides is 1. The zero-order valence-corrected chi connectivity index (χ0v) is 11.3. The molecule has 1 rings (SSSR count). The average molecular weight is 355 g/mol. The highest BCUT2D eigenvalue weighted by atomic mass is 127. The molecule has 0 unspecified atom stereocenters. The number of benzene rings is 1. The number of amides is 1. The van der Waals surface area contributed by atoms with E-state index >= 15 is 0 Å². The molecule has 0 aliphatic carbocycles. The molecule has 0 fully saturated rings. The zero-order chi connectivity index (χ0) is 13.0. The topological polar surface area (TPSA) is 52.3 Å². The van der Waals surface area contributed by atoms with Gasteiger partial charge in [0.15, 0.2) is 0 Å². The number of hydrogen-bond donors (Lipinski definition) is 1. The third-order valence-electron chi connectivity index (χ3n) is 2.26. The molecule has 0 heterocycles. The van der Waals surface area contributed by atoms with Crippen LogP contribution in [0.25, 0.3) is 0 Å². The number of halogens is 3. The van der Waals surface area contributed by atoms with Crippen LogP contribution in [0.2, 0.25) is 0 Å². The summed E-state index contributed by atoms with van der Waals surface area (Å²) in [5.74, 6) is -0.886. The van der Waals surface area contributed by atoms with Gasteiger partial charge < -0.3 is 10.5 Å². The summed E-state index contributed by atoms with van der Waals surface area (Å²) in [6.45, 7) is -0.818. The Hall–Kier alpha value is -0.920. The average Bonchev–Trinajstić information content (AvgIpc) is 2.26. The maximum atomic E-state index is 13.8. The number of carbonyl (C=O) groups is 1. The predicted molar refractivity (Wildman–Crippen MR) is 68.3 cm³/mol. The molecule has 0 aromatic heterocycles. The number of methoxy groups -OCH3 is 1. The fourth-order valence-electron chi connectivity index (χ4n) is 1.51. The van der Waals surface area contributed by atoms with E-state index in [4.69, 9.17) is 10.5 Å². The summed E-state index contributed by atoms with van der Waals surface area (Å²) in [4.78, 5) is 10.8. The molecular formula is C11H12F2INO2. The minimum Gasteiger partial charge on any atom is -0.497 e. The second kappa shape index (κ2) is 6.13. The second-order valence-electron chi connectivity index (χ2n) is 3.45. The van der Waals surface area contributed by atoms with Crippen LogP contribution in [0, 0.1) is 5.82 Å². The maximum absolute atomic E-state index is 13.8. The SMILES string of the molecule is COc1cc(F)c([C@H](I)CC(N)=O)c(CF)c1. The van der Waals surface area contributed by atoms with Crippen LogP contribution in [0.4, 0.5) is 8.78 Å². The van der Waals surface area contributed by atoms with Crippen molar-refractivity contribution in [2.24, 2.45) is 5.73 Å². The highest BCUT2D eigenvalue weighted by Gasteiger charge is 2.20. The Morgan fingerprint density at radius 1 is 1.59 bits per heavy atom. The molecule has 0 radical (unpaired) electrons. The summed E-state index contributed by atoms with van der Waals surface area (Å²) in [6, 6.07) is 2.59. The number of nitrogens with two attached hydrogens (primary N) is 1. The van der Waals surface area contributed by atoms with Gasteiger partial charge in [0.1, 0.15) is 18.2 Å². The summed E-state index contributed by atoms with van der Waals surface area (Å²) >= 11 is 1.87. The first-order valence-corrected chi connectivity index (χ1v) is 6.08. The van der Waals surface area contributed by atoms with Crippen LogP contribution in [0.1, 0.15) is 21.5 Å². The molecule has 6 heteroatoms. The van der Waals surface area contributed by atoms with Crippen LogP contribution >= 0.6 is 22.6 Å². The van der Waals surface area contributed by atoms with Gasteiger partial charge in [0.05, 0.1) is 7.11 Å². The summed E-state index contributed by atoms with van der Waals surface area (Å²) in [5, 5.41) is 0. The molecule has 0 aliphatic heterocycles. The van der Waals surface area contributed by atoms with Gasteiger partial charge in [-0.1, -0.05) is 22.6 Å². The number of carbonyl (C=O) groups excluding carboxylic acids is 1. The van der Waals surface area contributed by atoms with Crippen molar-refractivity contribution in [3.8, 4) is 5.75 Å². The molecule has 0 aliphatic rings. The predicted octanol–water partition coefficient (Wildman–Crippen LogP) is 2.66. The van der Waals surface area contributed by atoms with Gasteiger partial charge in [0.25, 0.3) is 0 Å². The molecule has 1 aromatic rings. The van der Waals surface area contributed by atoms with E-state index in [2.05, 4.69) is 0 Å². The summed E-state index contributed by atoms with van der Waals surface area (Å²) < 4.78 is 31.0. The Labute approximate surface area is 111 Å². The van der Waals surface area contributed by atoms with Crippen molar-refractivity contribution in [3.05, 3.63) is 29.1 Å². The fourth-order valence-corrected chi connectivity index (χ4v) is 2.64. The van der Waals surface area contributed by atoms with Gasteiger partial charge in [-0.15, -0.1) is 0 Å². The first-order valence-electron chi connectivity index (χ1n) is 4.84. The lowest BCUT2D eigenvalue weighted by molar-refractivity contribution is -0.117. The first-order chi connectivity index (χ1) is 7.99. The smallest absolute Gasteiger partial charge is 0.218 e. The van der Waals surface area contributed by atoms with Gasteiger partial charge in [-0.25, -0.2) is 8.78 Å². The van der Waals surface area contributed by atoms with E-state index in [1.807, 2.05) is 22.6 Å². The minimum absolute atomic E-state index is 0.0309. The van der Waals surface area contributed by atoms with E-state index in [0.717, 1.165) is 0 Å². The van der Waals surface area contributed by atoms with Crippen molar-refractivity contribution in [1.82, 2.24) is 0 Å². The summed E-state index contributed by atoms with van der Waals surface area (Å²) in [6.07, 6.45) is -0.0309. The van der Waals surface area contributed by atoms with Crippen LogP contribution in [-0.4, -0.2) is 13.0 Å². The van der Waals surface area contributed by atoms with Gasteiger partial charge in [-0.3, -0.25) is 4.79 Å². The lowest BCUT2D eigenvalue weighted by Gasteiger charge is -2.14. The Morgan fingerprint density at radius 3 is 2.71 bits per heavy atom. The van der Waals surface area contributed by atoms with Crippen LogP contribution in [-0.2, 0) is 11.5 Å². The molecule has 0 saturated heterocycles. The molecule has 2 N–H and O–H groups in total. The third kappa shape index (κ3) is 3.52. The Bertz CT molecular complexity index is 426. The first kappa shape index (κ1) is 14.1. The van der Waals surface area contributed by atoms with E-state index in [1.165, 1.54) is 19.2 Å². The summed E-state index contributed by atoms with van der Waals surface area (Å²) in [5.41, 5.74) is 5.40. The van der Waals surface area contributed by atoms with E-state index in [9.17, 15) is 13.6 Å². The van der Waals surface area contributed by atoms with Gasteiger partial charge in [0.2, 0.25) is 5.91 Å². The minimum atomic E-state index is -0.818. The van der Waals surface area contributed by atoms with Crippen molar-refractivity contribution in [2.75, 3.05) is 7.11 Å². The van der Waals surface area contributed by atoms with Crippen LogP contribution in [0.15, 0.2) is 12.1 Å². The van der Waals surface area contributed by atoms with E-state index in [1.54, 1.807) is 0 Å². The zero-order valence-electron chi connectivity index (χ0n) is 9.17. The highest BCUT2D eigenvalue weighted by Crippen LogP contribution is 2.34. The number of rotatable bonds is 5. The van der Waals surface area contributed by atoms with Crippen LogP contribution in [0.5, 0.6) is 5.75 Å². The molecule has 1 aromatic carbocycles. The quantitative estimate of drug-likeness (QED) is 0.652. The maximum Gasteiger partial charge on any atom is 0.218 e. The van der Waals surface area contributed by atoms with Gasteiger partial charge in [-0.2, -0.15) is 0 Å². The number of hydrogen-bond acceptors (Lipinski definition) is 2. The molecule has 17 heavy (non-hydrogen) atoms. The van der Waals surface area contributed by atoms with Gasteiger partial charge >= 0.3 is 0 Å². The van der Waals surface area contributed by atoms with Crippen molar-refractivity contribution in [3.63, 3.8) is 0 Å². The largest absolute Gasteiger partial charge is 0.497 e. The lowest BCUT2D eigenvalue weighted by Crippen LogP contribution is -2.14. The number of ether oxygens (including phenoxy) is 1. The fraction of sp³-hybridized carbons (Fsp3) is 0.364. The van der Waals surface area contributed by atoms with Crippen molar-refractivity contribution >= 4 is 28.5 Å². The standard InChI is InChI=1S/C11H12F2INO2/c1-17-7-2-6(5-12)11(8(13)3-7)9(14)4-10(15)16/h2-3,9H,4-5H2,1H3,(H2,15,16)/t9-/m1/s1. The molecule has 3 nitrogen and oxygen atoms in total. The van der Waals surface area contributed by atoms with Crippen LogP contribution < -0.4 is 10.5 Å². The second-order valence-corrected chi connectivity index (χ2v) is 4.96. The lowest BCUT2D eigenvalue weighted by atomic mass is 10.0. The highest BCUT2D eigenvalue weighted by molar-refractivity contribution is 14.1. The van der Waals surface area contributed by atoms with Crippen LogP contribution in [0.3, 0.4) is 0 Å². The molecule has 0 bridgehead atoms. The van der Waals surface area contributed by atoms with Gasteiger partial charge in [-0.05, 0) is 11.6 Å². The van der Waals surface area contributed by atoms with E-state index in [-0.39, 0.29) is 23.3 Å². The molecule has 0 spiro atoms. The number of alkyl halides is 2. The molecule has 94 valence electrons. The third-order valence-corrected chi connectivity index (χ3v) is 3.33. The normalized spacial score (nSPS) is 12.2. The molecule has 1 amide bonds.